The third kappa shape index (κ3) is 11.9. The Bertz CT molecular complexity index is 608. The molecule has 0 saturated carbocycles. The number of carbonyl (C=O) groups excluding carboxylic acids is 1. The highest BCUT2D eigenvalue weighted by molar-refractivity contribution is 14.0. The number of benzene rings is 1. The number of carbonyl (C=O) groups is 1. The van der Waals surface area contributed by atoms with Crippen molar-refractivity contribution in [3.05, 3.63) is 29.8 Å². The SMILES string of the molecule is CCCCNC(=NCc1ccc(OCC(F)(F)F)cc1)NCC(=O)N(C)C.I. The van der Waals surface area contributed by atoms with E-state index < -0.39 is 12.8 Å². The molecule has 10 heteroatoms. The van der Waals surface area contributed by atoms with Crippen LogP contribution in [0.1, 0.15) is 25.3 Å². The molecule has 0 radical (unpaired) electrons. The first-order valence-corrected chi connectivity index (χ1v) is 8.72. The fourth-order valence-corrected chi connectivity index (χ4v) is 1.90. The van der Waals surface area contributed by atoms with Crippen LogP contribution in [0.25, 0.3) is 0 Å². The Morgan fingerprint density at radius 1 is 1.18 bits per heavy atom. The summed E-state index contributed by atoms with van der Waals surface area (Å²) >= 11 is 0. The summed E-state index contributed by atoms with van der Waals surface area (Å²) in [6, 6.07) is 6.27. The molecule has 6 nitrogen and oxygen atoms in total. The fourth-order valence-electron chi connectivity index (χ4n) is 1.90. The molecule has 0 aromatic heterocycles. The van der Waals surface area contributed by atoms with Crippen LogP contribution in [0.2, 0.25) is 0 Å². The molecule has 1 amide bonds. The maximum Gasteiger partial charge on any atom is 0.422 e. The van der Waals surface area contributed by atoms with Crippen LogP contribution >= 0.6 is 24.0 Å². The number of ether oxygens (including phenoxy) is 1. The summed E-state index contributed by atoms with van der Waals surface area (Å²) in [7, 11) is 3.35. The van der Waals surface area contributed by atoms with Crippen LogP contribution in [0.5, 0.6) is 5.75 Å². The number of hydrogen-bond acceptors (Lipinski definition) is 3. The maximum absolute atomic E-state index is 12.2. The molecule has 160 valence electrons. The second kappa shape index (κ2) is 13.5. The van der Waals surface area contributed by atoms with E-state index in [1.807, 2.05) is 0 Å². The predicted molar refractivity (Wildman–Crippen MR) is 114 cm³/mol. The molecule has 0 aliphatic carbocycles. The summed E-state index contributed by atoms with van der Waals surface area (Å²) in [4.78, 5) is 17.6. The summed E-state index contributed by atoms with van der Waals surface area (Å²) in [6.45, 7) is 1.92. The van der Waals surface area contributed by atoms with E-state index in [9.17, 15) is 18.0 Å². The van der Waals surface area contributed by atoms with E-state index in [0.717, 1.165) is 24.9 Å². The van der Waals surface area contributed by atoms with Gasteiger partial charge in [-0.05, 0) is 24.1 Å². The number of guanidine groups is 1. The molecule has 2 N–H and O–H groups in total. The number of amides is 1. The lowest BCUT2D eigenvalue weighted by Gasteiger charge is -2.15. The van der Waals surface area contributed by atoms with E-state index in [1.54, 1.807) is 26.2 Å². The minimum absolute atomic E-state index is 0. The molecule has 0 aliphatic heterocycles. The topological polar surface area (TPSA) is 66.0 Å². The van der Waals surface area contributed by atoms with Crippen LogP contribution in [0.4, 0.5) is 13.2 Å². The molecule has 0 unspecified atom stereocenters. The van der Waals surface area contributed by atoms with Gasteiger partial charge in [0.05, 0.1) is 13.1 Å². The van der Waals surface area contributed by atoms with Crippen LogP contribution in [-0.2, 0) is 11.3 Å². The average molecular weight is 516 g/mol. The summed E-state index contributed by atoms with van der Waals surface area (Å²) in [5.74, 6) is 0.582. The number of alkyl halides is 3. The van der Waals surface area contributed by atoms with Gasteiger partial charge in [0.15, 0.2) is 12.6 Å². The zero-order valence-corrected chi connectivity index (χ0v) is 18.6. The van der Waals surface area contributed by atoms with Gasteiger partial charge in [-0.2, -0.15) is 13.2 Å². The molecule has 28 heavy (non-hydrogen) atoms. The Balaban J connectivity index is 0.00000729. The molecule has 0 heterocycles. The molecular formula is C18H28F3IN4O2. The van der Waals surface area contributed by atoms with Gasteiger partial charge in [0.1, 0.15) is 5.75 Å². The van der Waals surface area contributed by atoms with Gasteiger partial charge in [0, 0.05) is 20.6 Å². The molecular weight excluding hydrogens is 488 g/mol. The molecule has 1 rings (SSSR count). The minimum Gasteiger partial charge on any atom is -0.484 e. The first-order valence-electron chi connectivity index (χ1n) is 8.72. The molecule has 1 aromatic carbocycles. The Morgan fingerprint density at radius 2 is 1.82 bits per heavy atom. The second-order valence-corrected chi connectivity index (χ2v) is 6.13. The lowest BCUT2D eigenvalue weighted by Crippen LogP contribution is -2.43. The molecule has 0 saturated heterocycles. The molecule has 0 atom stereocenters. The number of unbranched alkanes of at least 4 members (excludes halogenated alkanes) is 1. The van der Waals surface area contributed by atoms with E-state index in [1.165, 1.54) is 17.0 Å². The van der Waals surface area contributed by atoms with Crippen molar-refractivity contribution in [3.63, 3.8) is 0 Å². The number of aliphatic imine (C=N–C) groups is 1. The van der Waals surface area contributed by atoms with E-state index >= 15 is 0 Å². The van der Waals surface area contributed by atoms with Crippen LogP contribution in [0.15, 0.2) is 29.3 Å². The maximum atomic E-state index is 12.2. The molecule has 0 bridgehead atoms. The van der Waals surface area contributed by atoms with Crippen molar-refractivity contribution in [1.82, 2.24) is 15.5 Å². The van der Waals surface area contributed by atoms with Crippen molar-refractivity contribution in [2.24, 2.45) is 4.99 Å². The third-order valence-electron chi connectivity index (χ3n) is 3.47. The molecule has 0 spiro atoms. The Kier molecular flexibility index (Phi) is 12.6. The van der Waals surface area contributed by atoms with Crippen molar-refractivity contribution >= 4 is 35.8 Å². The standard InChI is InChI=1S/C18H27F3N4O2.HI/c1-4-5-10-22-17(24-12-16(26)25(2)3)23-11-14-6-8-15(9-7-14)27-13-18(19,20)21;/h6-9H,4-5,10-13H2,1-3H3,(H2,22,23,24);1H. The highest BCUT2D eigenvalue weighted by Gasteiger charge is 2.28. The van der Waals surface area contributed by atoms with Crippen molar-refractivity contribution in [2.45, 2.75) is 32.5 Å². The van der Waals surface area contributed by atoms with Crippen LogP contribution in [0, 0.1) is 0 Å². The van der Waals surface area contributed by atoms with E-state index in [0.29, 0.717) is 12.5 Å². The fraction of sp³-hybridized carbons (Fsp3) is 0.556. The van der Waals surface area contributed by atoms with Gasteiger partial charge in [-0.25, -0.2) is 4.99 Å². The van der Waals surface area contributed by atoms with Gasteiger partial charge < -0.3 is 20.3 Å². The van der Waals surface area contributed by atoms with Gasteiger partial charge in [0.2, 0.25) is 5.91 Å². The third-order valence-corrected chi connectivity index (χ3v) is 3.47. The number of nitrogens with zero attached hydrogens (tertiary/aromatic N) is 2. The highest BCUT2D eigenvalue weighted by atomic mass is 127. The first kappa shape index (κ1) is 26.3. The minimum atomic E-state index is -4.36. The van der Waals surface area contributed by atoms with E-state index in [4.69, 9.17) is 0 Å². The zero-order chi connectivity index (χ0) is 20.3. The summed E-state index contributed by atoms with van der Waals surface area (Å²) in [5.41, 5.74) is 0.810. The van der Waals surface area contributed by atoms with Gasteiger partial charge >= 0.3 is 6.18 Å². The summed E-state index contributed by atoms with van der Waals surface area (Å²) in [5, 5.41) is 6.13. The lowest BCUT2D eigenvalue weighted by atomic mass is 10.2. The number of hydrogen-bond donors (Lipinski definition) is 2. The monoisotopic (exact) mass is 516 g/mol. The predicted octanol–water partition coefficient (Wildman–Crippen LogP) is 3.17. The Labute approximate surface area is 180 Å². The number of rotatable bonds is 9. The largest absolute Gasteiger partial charge is 0.484 e. The number of nitrogens with one attached hydrogen (secondary N) is 2. The Morgan fingerprint density at radius 3 is 2.36 bits per heavy atom. The van der Waals surface area contributed by atoms with Gasteiger partial charge in [-0.15, -0.1) is 24.0 Å². The summed E-state index contributed by atoms with van der Waals surface area (Å²) in [6.07, 6.45) is -2.37. The van der Waals surface area contributed by atoms with Crippen LogP contribution in [0.3, 0.4) is 0 Å². The normalized spacial score (nSPS) is 11.4. The van der Waals surface area contributed by atoms with E-state index in [-0.39, 0.29) is 42.2 Å². The highest BCUT2D eigenvalue weighted by Crippen LogP contribution is 2.19. The van der Waals surface area contributed by atoms with Crippen molar-refractivity contribution < 1.29 is 22.7 Å². The van der Waals surface area contributed by atoms with Crippen molar-refractivity contribution in [3.8, 4) is 5.75 Å². The van der Waals surface area contributed by atoms with Crippen LogP contribution in [-0.4, -0.2) is 56.7 Å². The number of halogens is 4. The molecule has 0 fully saturated rings. The quantitative estimate of drug-likeness (QED) is 0.229. The Hall–Kier alpha value is -1.72. The van der Waals surface area contributed by atoms with Gasteiger partial charge in [0.25, 0.3) is 0 Å². The number of likely N-dealkylation sites (N-methyl/N-ethyl adjacent to an activating group) is 1. The molecule has 1 aromatic rings. The summed E-state index contributed by atoms with van der Waals surface area (Å²) < 4.78 is 41.1. The van der Waals surface area contributed by atoms with Gasteiger partial charge in [-0.3, -0.25) is 4.79 Å². The van der Waals surface area contributed by atoms with E-state index in [2.05, 4.69) is 27.3 Å². The molecule has 0 aliphatic rings. The average Bonchev–Trinajstić information content (AvgIpc) is 2.61. The second-order valence-electron chi connectivity index (χ2n) is 6.13. The van der Waals surface area contributed by atoms with Crippen molar-refractivity contribution in [1.29, 1.82) is 0 Å². The zero-order valence-electron chi connectivity index (χ0n) is 16.3. The lowest BCUT2D eigenvalue weighted by molar-refractivity contribution is -0.153. The smallest absolute Gasteiger partial charge is 0.422 e. The first-order chi connectivity index (χ1) is 12.7. The van der Waals surface area contributed by atoms with Crippen LogP contribution < -0.4 is 15.4 Å². The van der Waals surface area contributed by atoms with Gasteiger partial charge in [-0.1, -0.05) is 25.5 Å². The van der Waals surface area contributed by atoms with Crippen molar-refractivity contribution in [2.75, 3.05) is 33.8 Å².